The lowest BCUT2D eigenvalue weighted by Gasteiger charge is -2.06. The summed E-state index contributed by atoms with van der Waals surface area (Å²) < 4.78 is 5.28. The predicted octanol–water partition coefficient (Wildman–Crippen LogP) is 3.30. The van der Waals surface area contributed by atoms with Crippen molar-refractivity contribution in [1.29, 1.82) is 0 Å². The highest BCUT2D eigenvalue weighted by atomic mass is 32.1. The van der Waals surface area contributed by atoms with Crippen LogP contribution in [0.15, 0.2) is 30.3 Å². The van der Waals surface area contributed by atoms with E-state index in [2.05, 4.69) is 0 Å². The summed E-state index contributed by atoms with van der Waals surface area (Å²) in [4.78, 5) is 13.3. The fourth-order valence-electron chi connectivity index (χ4n) is 1.58. The molecular formula is C14H15NO2S. The third-order valence-electron chi connectivity index (χ3n) is 2.78. The van der Waals surface area contributed by atoms with Gasteiger partial charge in [-0.25, -0.2) is 4.79 Å². The van der Waals surface area contributed by atoms with Gasteiger partial charge < -0.3 is 10.5 Å². The Morgan fingerprint density at radius 3 is 2.67 bits per heavy atom. The van der Waals surface area contributed by atoms with Gasteiger partial charge in [0, 0.05) is 10.6 Å². The van der Waals surface area contributed by atoms with Crippen LogP contribution in [0.3, 0.4) is 0 Å². The maximum atomic E-state index is 11.8. The summed E-state index contributed by atoms with van der Waals surface area (Å²) in [6, 6.07) is 9.51. The quantitative estimate of drug-likeness (QED) is 0.862. The van der Waals surface area contributed by atoms with E-state index >= 15 is 0 Å². The monoisotopic (exact) mass is 261 g/mol. The number of carbonyl (C=O) groups is 1. The molecule has 0 saturated carbocycles. The minimum Gasteiger partial charge on any atom is -0.457 e. The summed E-state index contributed by atoms with van der Waals surface area (Å²) in [5, 5.41) is 0. The first-order valence-corrected chi connectivity index (χ1v) is 6.47. The highest BCUT2D eigenvalue weighted by Gasteiger charge is 2.12. The van der Waals surface area contributed by atoms with Gasteiger partial charge in [0.1, 0.15) is 11.5 Å². The molecule has 18 heavy (non-hydrogen) atoms. The van der Waals surface area contributed by atoms with Gasteiger partial charge in [-0.3, -0.25) is 0 Å². The first-order valence-electron chi connectivity index (χ1n) is 5.65. The van der Waals surface area contributed by atoms with E-state index < -0.39 is 0 Å². The molecule has 94 valence electrons. The van der Waals surface area contributed by atoms with Crippen LogP contribution >= 0.6 is 11.3 Å². The van der Waals surface area contributed by atoms with Crippen molar-refractivity contribution < 1.29 is 9.53 Å². The van der Waals surface area contributed by atoms with Crippen LogP contribution in [-0.2, 0) is 11.3 Å². The van der Waals surface area contributed by atoms with Crippen LogP contribution in [0.1, 0.15) is 25.7 Å². The molecule has 0 bridgehead atoms. The number of aryl methyl sites for hydroxylation is 2. The molecule has 0 aliphatic carbocycles. The van der Waals surface area contributed by atoms with E-state index in [1.54, 1.807) is 6.07 Å². The van der Waals surface area contributed by atoms with Crippen molar-refractivity contribution in [3.05, 3.63) is 51.2 Å². The minimum absolute atomic E-state index is 0.294. The largest absolute Gasteiger partial charge is 0.457 e. The van der Waals surface area contributed by atoms with Crippen molar-refractivity contribution in [3.8, 4) is 0 Å². The Morgan fingerprint density at radius 1 is 1.33 bits per heavy atom. The molecular weight excluding hydrogens is 246 g/mol. The topological polar surface area (TPSA) is 52.3 Å². The first kappa shape index (κ1) is 12.6. The molecule has 0 amide bonds. The van der Waals surface area contributed by atoms with Gasteiger partial charge >= 0.3 is 5.97 Å². The number of thiophene rings is 1. The molecule has 0 spiro atoms. The second kappa shape index (κ2) is 5.23. The standard InChI is InChI=1S/C14H15NO2S/c1-9-5-3-4-6-11(9)8-17-14(16)13-7-12(15)10(2)18-13/h3-7H,8,15H2,1-2H3. The maximum absolute atomic E-state index is 11.8. The first-order chi connectivity index (χ1) is 8.58. The summed E-state index contributed by atoms with van der Waals surface area (Å²) >= 11 is 1.36. The van der Waals surface area contributed by atoms with Crippen molar-refractivity contribution >= 4 is 23.0 Å². The number of hydrogen-bond acceptors (Lipinski definition) is 4. The average molecular weight is 261 g/mol. The third kappa shape index (κ3) is 2.71. The number of benzene rings is 1. The summed E-state index contributed by atoms with van der Waals surface area (Å²) in [7, 11) is 0. The van der Waals surface area contributed by atoms with Crippen LogP contribution in [0.4, 0.5) is 5.69 Å². The van der Waals surface area contributed by atoms with Crippen molar-refractivity contribution in [1.82, 2.24) is 0 Å². The number of carbonyl (C=O) groups excluding carboxylic acids is 1. The van der Waals surface area contributed by atoms with E-state index in [4.69, 9.17) is 10.5 Å². The summed E-state index contributed by atoms with van der Waals surface area (Å²) in [5.74, 6) is -0.317. The fraction of sp³-hybridized carbons (Fsp3) is 0.214. The van der Waals surface area contributed by atoms with Gasteiger partial charge in [-0.05, 0) is 31.0 Å². The van der Waals surface area contributed by atoms with Crippen LogP contribution in [0.2, 0.25) is 0 Å². The van der Waals surface area contributed by atoms with Crippen LogP contribution in [0.5, 0.6) is 0 Å². The number of ether oxygens (including phenoxy) is 1. The zero-order valence-corrected chi connectivity index (χ0v) is 11.2. The van der Waals surface area contributed by atoms with Crippen LogP contribution in [-0.4, -0.2) is 5.97 Å². The van der Waals surface area contributed by atoms with Crippen molar-refractivity contribution in [2.45, 2.75) is 20.5 Å². The minimum atomic E-state index is -0.317. The molecule has 0 radical (unpaired) electrons. The molecule has 1 heterocycles. The number of anilines is 1. The molecule has 1 aromatic carbocycles. The van der Waals surface area contributed by atoms with E-state index in [9.17, 15) is 4.79 Å². The molecule has 2 aromatic rings. The third-order valence-corrected chi connectivity index (χ3v) is 3.82. The van der Waals surface area contributed by atoms with E-state index in [0.717, 1.165) is 16.0 Å². The molecule has 3 nitrogen and oxygen atoms in total. The van der Waals surface area contributed by atoms with Gasteiger partial charge in [0.15, 0.2) is 0 Å². The average Bonchev–Trinajstić information content (AvgIpc) is 2.68. The van der Waals surface area contributed by atoms with Gasteiger partial charge in [-0.1, -0.05) is 24.3 Å². The second-order valence-electron chi connectivity index (χ2n) is 4.12. The van der Waals surface area contributed by atoms with Gasteiger partial charge in [0.05, 0.1) is 0 Å². The molecule has 2 N–H and O–H groups in total. The SMILES string of the molecule is Cc1ccccc1COC(=O)c1cc(N)c(C)s1. The number of rotatable bonds is 3. The Balaban J connectivity index is 2.03. The van der Waals surface area contributed by atoms with E-state index in [1.807, 2.05) is 38.1 Å². The fourth-order valence-corrected chi connectivity index (χ4v) is 2.42. The van der Waals surface area contributed by atoms with Crippen molar-refractivity contribution in [3.63, 3.8) is 0 Å². The zero-order valence-electron chi connectivity index (χ0n) is 10.4. The molecule has 1 aromatic heterocycles. The van der Waals surface area contributed by atoms with Crippen LogP contribution in [0, 0.1) is 13.8 Å². The molecule has 4 heteroatoms. The summed E-state index contributed by atoms with van der Waals surface area (Å²) in [5.41, 5.74) is 8.49. The Morgan fingerprint density at radius 2 is 2.06 bits per heavy atom. The van der Waals surface area contributed by atoms with Gasteiger partial charge in [0.2, 0.25) is 0 Å². The number of nitrogen functional groups attached to an aromatic ring is 1. The Bertz CT molecular complexity index is 555. The second-order valence-corrected chi connectivity index (χ2v) is 5.38. The molecule has 0 saturated heterocycles. The Hall–Kier alpha value is -1.81. The number of esters is 1. The van der Waals surface area contributed by atoms with E-state index in [-0.39, 0.29) is 5.97 Å². The zero-order chi connectivity index (χ0) is 13.1. The lowest BCUT2D eigenvalue weighted by Crippen LogP contribution is -2.04. The maximum Gasteiger partial charge on any atom is 0.348 e. The Kier molecular flexibility index (Phi) is 3.67. The highest BCUT2D eigenvalue weighted by molar-refractivity contribution is 7.14. The number of hydrogen-bond donors (Lipinski definition) is 1. The Labute approximate surface area is 110 Å². The van der Waals surface area contributed by atoms with E-state index in [0.29, 0.717) is 17.2 Å². The van der Waals surface area contributed by atoms with Gasteiger partial charge in [-0.15, -0.1) is 11.3 Å². The molecule has 0 unspecified atom stereocenters. The molecule has 0 atom stereocenters. The molecule has 0 aliphatic rings. The lowest BCUT2D eigenvalue weighted by atomic mass is 10.1. The molecule has 0 aliphatic heterocycles. The van der Waals surface area contributed by atoms with Gasteiger partial charge in [-0.2, -0.15) is 0 Å². The summed E-state index contributed by atoms with van der Waals surface area (Å²) in [6.45, 7) is 4.18. The smallest absolute Gasteiger partial charge is 0.348 e. The molecule has 0 fully saturated rings. The predicted molar refractivity (Wildman–Crippen MR) is 73.8 cm³/mol. The lowest BCUT2D eigenvalue weighted by molar-refractivity contribution is 0.0478. The van der Waals surface area contributed by atoms with E-state index in [1.165, 1.54) is 11.3 Å². The molecule has 2 rings (SSSR count). The normalized spacial score (nSPS) is 10.3. The van der Waals surface area contributed by atoms with Crippen molar-refractivity contribution in [2.75, 3.05) is 5.73 Å². The number of nitrogens with two attached hydrogens (primary N) is 1. The van der Waals surface area contributed by atoms with Gasteiger partial charge in [0.25, 0.3) is 0 Å². The van der Waals surface area contributed by atoms with Crippen LogP contribution in [0.25, 0.3) is 0 Å². The summed E-state index contributed by atoms with van der Waals surface area (Å²) in [6.07, 6.45) is 0. The van der Waals surface area contributed by atoms with Crippen molar-refractivity contribution in [2.24, 2.45) is 0 Å². The van der Waals surface area contributed by atoms with Crippen LogP contribution < -0.4 is 5.73 Å². The highest BCUT2D eigenvalue weighted by Crippen LogP contribution is 2.24.